The molecule has 0 aliphatic carbocycles. The van der Waals surface area contributed by atoms with Crippen molar-refractivity contribution in [2.75, 3.05) is 19.9 Å². The number of aromatic hydroxyl groups is 1. The highest BCUT2D eigenvalue weighted by molar-refractivity contribution is 5.51. The van der Waals surface area contributed by atoms with Gasteiger partial charge in [0.15, 0.2) is 11.5 Å². The molecular weight excluding hydrogens is 268 g/mol. The van der Waals surface area contributed by atoms with Gasteiger partial charge in [-0.05, 0) is 31.9 Å². The van der Waals surface area contributed by atoms with Gasteiger partial charge in [-0.3, -0.25) is 4.90 Å². The number of hydrogen-bond acceptors (Lipinski definition) is 5. The molecule has 3 aliphatic rings. The van der Waals surface area contributed by atoms with E-state index in [4.69, 9.17) is 9.47 Å². The Balaban J connectivity index is 1.43. The maximum Gasteiger partial charge on any atom is 0.231 e. The second-order valence-electron chi connectivity index (χ2n) is 6.21. The van der Waals surface area contributed by atoms with E-state index >= 15 is 0 Å². The van der Waals surface area contributed by atoms with E-state index in [2.05, 4.69) is 10.2 Å². The second-order valence-corrected chi connectivity index (χ2v) is 6.21. The normalized spacial score (nSPS) is 27.8. The van der Waals surface area contributed by atoms with Gasteiger partial charge in [-0.2, -0.15) is 0 Å². The molecule has 0 spiro atoms. The molecule has 3 aliphatic heterocycles. The zero-order valence-corrected chi connectivity index (χ0v) is 12.2. The molecule has 2 fully saturated rings. The van der Waals surface area contributed by atoms with Crippen LogP contribution >= 0.6 is 0 Å². The third-order valence-corrected chi connectivity index (χ3v) is 4.98. The van der Waals surface area contributed by atoms with E-state index in [9.17, 15) is 5.11 Å². The van der Waals surface area contributed by atoms with Gasteiger partial charge in [-0.15, -0.1) is 0 Å². The van der Waals surface area contributed by atoms with Gasteiger partial charge in [-0.1, -0.05) is 6.42 Å². The average Bonchev–Trinajstić information content (AvgIpc) is 3.11. The first-order valence-electron chi connectivity index (χ1n) is 7.90. The molecule has 1 aromatic rings. The summed E-state index contributed by atoms with van der Waals surface area (Å²) in [6.07, 6.45) is 5.18. The third kappa shape index (κ3) is 2.45. The summed E-state index contributed by atoms with van der Waals surface area (Å²) in [6.45, 7) is 3.37. The number of nitrogens with zero attached hydrogens (tertiary/aromatic N) is 1. The highest BCUT2D eigenvalue weighted by Crippen LogP contribution is 2.37. The fourth-order valence-corrected chi connectivity index (χ4v) is 3.84. The lowest BCUT2D eigenvalue weighted by molar-refractivity contribution is 0.174. The summed E-state index contributed by atoms with van der Waals surface area (Å²) in [7, 11) is 0. The van der Waals surface area contributed by atoms with Gasteiger partial charge < -0.3 is 19.9 Å². The average molecular weight is 290 g/mol. The van der Waals surface area contributed by atoms with Crippen LogP contribution in [0.4, 0.5) is 0 Å². The van der Waals surface area contributed by atoms with Crippen molar-refractivity contribution in [3.05, 3.63) is 17.7 Å². The van der Waals surface area contributed by atoms with Crippen molar-refractivity contribution in [1.82, 2.24) is 10.2 Å². The van der Waals surface area contributed by atoms with Gasteiger partial charge >= 0.3 is 0 Å². The number of rotatable bonds is 3. The van der Waals surface area contributed by atoms with Crippen molar-refractivity contribution in [2.24, 2.45) is 0 Å². The lowest BCUT2D eigenvalue weighted by Gasteiger charge is -2.32. The number of phenols is 1. The molecule has 114 valence electrons. The minimum Gasteiger partial charge on any atom is -0.507 e. The van der Waals surface area contributed by atoms with E-state index < -0.39 is 0 Å². The quantitative estimate of drug-likeness (QED) is 0.889. The fraction of sp³-hybridized carbons (Fsp3) is 0.625. The first kappa shape index (κ1) is 13.2. The van der Waals surface area contributed by atoms with Gasteiger partial charge in [0.05, 0.1) is 0 Å². The topological polar surface area (TPSA) is 54.0 Å². The number of nitrogens with one attached hydrogen (secondary N) is 1. The highest BCUT2D eigenvalue weighted by Gasteiger charge is 2.35. The van der Waals surface area contributed by atoms with Gasteiger partial charge in [0, 0.05) is 36.8 Å². The van der Waals surface area contributed by atoms with Gasteiger partial charge in [0.25, 0.3) is 0 Å². The molecule has 0 amide bonds. The predicted molar refractivity (Wildman–Crippen MR) is 78.7 cm³/mol. The Morgan fingerprint density at radius 1 is 1.14 bits per heavy atom. The highest BCUT2D eigenvalue weighted by atomic mass is 16.7. The lowest BCUT2D eigenvalue weighted by atomic mass is 9.99. The molecule has 4 rings (SSSR count). The van der Waals surface area contributed by atoms with E-state index in [0.29, 0.717) is 24.4 Å². The van der Waals surface area contributed by atoms with Crippen LogP contribution in [0.15, 0.2) is 12.1 Å². The number of ether oxygens (including phenoxy) is 2. The van der Waals surface area contributed by atoms with Crippen LogP contribution in [-0.2, 0) is 6.54 Å². The van der Waals surface area contributed by atoms with E-state index in [0.717, 1.165) is 11.3 Å². The minimum atomic E-state index is 0.241. The number of fused-ring (bicyclic) bond motifs is 2. The van der Waals surface area contributed by atoms with Crippen molar-refractivity contribution in [2.45, 2.75) is 44.3 Å². The van der Waals surface area contributed by atoms with E-state index in [1.807, 2.05) is 6.07 Å². The smallest absolute Gasteiger partial charge is 0.231 e. The summed E-state index contributed by atoms with van der Waals surface area (Å²) in [5, 5.41) is 13.7. The van der Waals surface area contributed by atoms with Crippen molar-refractivity contribution in [3.63, 3.8) is 0 Å². The molecule has 2 atom stereocenters. The summed E-state index contributed by atoms with van der Waals surface area (Å²) in [4.78, 5) is 2.61. The van der Waals surface area contributed by atoms with Crippen LogP contribution in [0.2, 0.25) is 0 Å². The molecule has 21 heavy (non-hydrogen) atoms. The molecular formula is C16H22N2O3. The Hall–Kier alpha value is -1.46. The van der Waals surface area contributed by atoms with Crippen LogP contribution in [0.3, 0.4) is 0 Å². The van der Waals surface area contributed by atoms with Crippen LogP contribution in [0.25, 0.3) is 0 Å². The van der Waals surface area contributed by atoms with E-state index in [-0.39, 0.29) is 12.5 Å². The van der Waals surface area contributed by atoms with Crippen molar-refractivity contribution < 1.29 is 14.6 Å². The number of hydrogen-bond donors (Lipinski definition) is 2. The van der Waals surface area contributed by atoms with Gasteiger partial charge in [-0.25, -0.2) is 0 Å². The van der Waals surface area contributed by atoms with Crippen LogP contribution in [0.1, 0.15) is 31.2 Å². The SMILES string of the molecule is Oc1cc2c(cc1CNC1CCN3CCCCC13)OCO2. The Kier molecular flexibility index (Phi) is 3.39. The number of piperidine rings is 1. The van der Waals surface area contributed by atoms with Crippen molar-refractivity contribution in [1.29, 1.82) is 0 Å². The first-order valence-corrected chi connectivity index (χ1v) is 7.90. The van der Waals surface area contributed by atoms with Gasteiger partial charge in [0.1, 0.15) is 5.75 Å². The van der Waals surface area contributed by atoms with Crippen molar-refractivity contribution in [3.8, 4) is 17.2 Å². The molecule has 0 aromatic heterocycles. The standard InChI is InChI=1S/C16H22N2O3/c19-14-8-16-15(20-10-21-16)7-11(14)9-17-12-4-6-18-5-2-1-3-13(12)18/h7-8,12-13,17,19H,1-6,9-10H2. The Morgan fingerprint density at radius 2 is 2.00 bits per heavy atom. The largest absolute Gasteiger partial charge is 0.507 e. The number of benzene rings is 1. The molecule has 5 nitrogen and oxygen atoms in total. The Morgan fingerprint density at radius 3 is 2.90 bits per heavy atom. The molecule has 5 heteroatoms. The molecule has 3 heterocycles. The van der Waals surface area contributed by atoms with Crippen LogP contribution in [-0.4, -0.2) is 42.0 Å². The number of phenolic OH excluding ortho intramolecular Hbond substituents is 1. The summed E-state index contributed by atoms with van der Waals surface area (Å²) >= 11 is 0. The maximum absolute atomic E-state index is 10.1. The third-order valence-electron chi connectivity index (χ3n) is 4.98. The zero-order chi connectivity index (χ0) is 14.2. The fourth-order valence-electron chi connectivity index (χ4n) is 3.84. The Labute approximate surface area is 124 Å². The summed E-state index contributed by atoms with van der Waals surface area (Å²) in [5.74, 6) is 1.65. The lowest BCUT2D eigenvalue weighted by Crippen LogP contribution is -2.44. The molecule has 0 saturated carbocycles. The molecule has 2 N–H and O–H groups in total. The molecule has 1 aromatic carbocycles. The molecule has 2 unspecified atom stereocenters. The second kappa shape index (κ2) is 5.39. The molecule has 2 saturated heterocycles. The van der Waals surface area contributed by atoms with E-state index in [1.54, 1.807) is 6.07 Å². The zero-order valence-electron chi connectivity index (χ0n) is 12.2. The first-order chi connectivity index (χ1) is 10.3. The predicted octanol–water partition coefficient (Wildman–Crippen LogP) is 1.84. The summed E-state index contributed by atoms with van der Waals surface area (Å²) < 4.78 is 10.7. The Bertz CT molecular complexity index is 534. The monoisotopic (exact) mass is 290 g/mol. The van der Waals surface area contributed by atoms with Crippen LogP contribution in [0, 0.1) is 0 Å². The van der Waals surface area contributed by atoms with Crippen molar-refractivity contribution >= 4 is 0 Å². The minimum absolute atomic E-state index is 0.241. The maximum atomic E-state index is 10.1. The summed E-state index contributed by atoms with van der Waals surface area (Å²) in [6, 6.07) is 4.75. The summed E-state index contributed by atoms with van der Waals surface area (Å²) in [5.41, 5.74) is 0.883. The van der Waals surface area contributed by atoms with Crippen LogP contribution in [0.5, 0.6) is 17.2 Å². The van der Waals surface area contributed by atoms with E-state index in [1.165, 1.54) is 38.8 Å². The van der Waals surface area contributed by atoms with Gasteiger partial charge in [0.2, 0.25) is 6.79 Å². The molecule has 0 radical (unpaired) electrons. The van der Waals surface area contributed by atoms with Crippen LogP contribution < -0.4 is 14.8 Å². The molecule has 0 bridgehead atoms.